The summed E-state index contributed by atoms with van der Waals surface area (Å²) in [5.41, 5.74) is 3.58. The lowest BCUT2D eigenvalue weighted by atomic mass is 10.1. The van der Waals surface area contributed by atoms with E-state index >= 15 is 0 Å². The van der Waals surface area contributed by atoms with E-state index in [1.165, 1.54) is 11.1 Å². The molecule has 3 heterocycles. The number of piperazine rings is 1. The summed E-state index contributed by atoms with van der Waals surface area (Å²) in [5, 5.41) is 11.8. The van der Waals surface area contributed by atoms with E-state index in [1.54, 1.807) is 6.20 Å². The van der Waals surface area contributed by atoms with Crippen LogP contribution in [-0.4, -0.2) is 52.2 Å². The first kappa shape index (κ1) is 20.8. The van der Waals surface area contributed by atoms with E-state index in [-0.39, 0.29) is 5.91 Å². The highest BCUT2D eigenvalue weighted by Gasteiger charge is 2.22. The molecule has 1 fully saturated rings. The van der Waals surface area contributed by atoms with Crippen LogP contribution < -0.4 is 10.2 Å². The molecule has 1 aliphatic heterocycles. The van der Waals surface area contributed by atoms with E-state index in [2.05, 4.69) is 50.5 Å². The summed E-state index contributed by atoms with van der Waals surface area (Å²) >= 11 is 0. The fourth-order valence-electron chi connectivity index (χ4n) is 3.76. The molecule has 0 spiro atoms. The lowest BCUT2D eigenvalue weighted by molar-refractivity contribution is -0.131. The van der Waals surface area contributed by atoms with Gasteiger partial charge in [-0.25, -0.2) is 4.98 Å². The Morgan fingerprint density at radius 2 is 1.74 bits per heavy atom. The first-order chi connectivity index (χ1) is 15.1. The Labute approximate surface area is 183 Å². The summed E-state index contributed by atoms with van der Waals surface area (Å²) in [6, 6.07) is 16.1. The predicted octanol–water partition coefficient (Wildman–Crippen LogP) is 3.51. The molecule has 1 N–H and O–H groups in total. The average molecular weight is 417 g/mol. The number of benzene rings is 1. The van der Waals surface area contributed by atoms with E-state index in [0.29, 0.717) is 25.3 Å². The van der Waals surface area contributed by atoms with E-state index in [0.717, 1.165) is 36.7 Å². The second-order valence-corrected chi connectivity index (χ2v) is 7.98. The second-order valence-electron chi connectivity index (χ2n) is 7.98. The Morgan fingerprint density at radius 3 is 2.45 bits per heavy atom. The third kappa shape index (κ3) is 5.57. The number of hydrogen-bond donors (Lipinski definition) is 1. The Bertz CT molecular complexity index is 1030. The monoisotopic (exact) mass is 416 g/mol. The zero-order valence-corrected chi connectivity index (χ0v) is 18.1. The largest absolute Gasteiger partial charge is 0.352 e. The first-order valence-corrected chi connectivity index (χ1v) is 10.7. The molecule has 0 bridgehead atoms. The molecule has 160 valence electrons. The molecule has 0 atom stereocenters. The van der Waals surface area contributed by atoms with Gasteiger partial charge in [0.15, 0.2) is 11.6 Å². The molecule has 0 unspecified atom stereocenters. The van der Waals surface area contributed by atoms with Crippen LogP contribution in [0.3, 0.4) is 0 Å². The smallest absolute Gasteiger partial charge is 0.223 e. The molecule has 7 heteroatoms. The van der Waals surface area contributed by atoms with Gasteiger partial charge in [0.05, 0.1) is 0 Å². The van der Waals surface area contributed by atoms with Crippen molar-refractivity contribution in [2.24, 2.45) is 0 Å². The molecule has 7 nitrogen and oxygen atoms in total. The maximum atomic E-state index is 12.6. The number of anilines is 3. The Hall–Kier alpha value is -3.48. The number of rotatable bonds is 6. The molecule has 4 rings (SSSR count). The zero-order chi connectivity index (χ0) is 21.6. The molecule has 1 aromatic carbocycles. The van der Waals surface area contributed by atoms with Crippen molar-refractivity contribution in [1.82, 2.24) is 20.1 Å². The van der Waals surface area contributed by atoms with Gasteiger partial charge in [0.1, 0.15) is 5.82 Å². The Morgan fingerprint density at radius 1 is 0.935 bits per heavy atom. The summed E-state index contributed by atoms with van der Waals surface area (Å²) in [6.45, 7) is 7.04. The zero-order valence-electron chi connectivity index (χ0n) is 18.1. The van der Waals surface area contributed by atoms with Gasteiger partial charge >= 0.3 is 0 Å². The molecular formula is C24H28N6O. The number of amides is 1. The van der Waals surface area contributed by atoms with Gasteiger partial charge in [-0.05, 0) is 55.7 Å². The number of aromatic nitrogens is 3. The lowest BCUT2D eigenvalue weighted by Gasteiger charge is -2.35. The van der Waals surface area contributed by atoms with Crippen LogP contribution >= 0.6 is 0 Å². The highest BCUT2D eigenvalue weighted by Crippen LogP contribution is 2.17. The normalized spacial score (nSPS) is 13.9. The average Bonchev–Trinajstić information content (AvgIpc) is 2.78. The molecule has 0 aliphatic carbocycles. The van der Waals surface area contributed by atoms with Crippen LogP contribution in [0.2, 0.25) is 0 Å². The van der Waals surface area contributed by atoms with Gasteiger partial charge in [-0.3, -0.25) is 4.79 Å². The molecule has 31 heavy (non-hydrogen) atoms. The Balaban J connectivity index is 1.26. The van der Waals surface area contributed by atoms with Crippen molar-refractivity contribution >= 4 is 23.4 Å². The van der Waals surface area contributed by atoms with Crippen molar-refractivity contribution < 1.29 is 4.79 Å². The number of nitrogens with zero attached hydrogens (tertiary/aromatic N) is 5. The van der Waals surface area contributed by atoms with Gasteiger partial charge in [-0.1, -0.05) is 29.8 Å². The molecule has 0 radical (unpaired) electrons. The van der Waals surface area contributed by atoms with Crippen molar-refractivity contribution in [2.45, 2.75) is 26.7 Å². The summed E-state index contributed by atoms with van der Waals surface area (Å²) in [5.74, 6) is 2.46. The van der Waals surface area contributed by atoms with Gasteiger partial charge in [0.2, 0.25) is 5.91 Å². The van der Waals surface area contributed by atoms with Crippen LogP contribution in [0.15, 0.2) is 54.7 Å². The minimum Gasteiger partial charge on any atom is -0.352 e. The molecule has 1 aliphatic rings. The predicted molar refractivity (Wildman–Crippen MR) is 123 cm³/mol. The topological polar surface area (TPSA) is 74.2 Å². The van der Waals surface area contributed by atoms with Crippen molar-refractivity contribution in [3.8, 4) is 0 Å². The molecular weight excluding hydrogens is 388 g/mol. The fourth-order valence-corrected chi connectivity index (χ4v) is 3.76. The first-order valence-electron chi connectivity index (χ1n) is 10.7. The highest BCUT2D eigenvalue weighted by atomic mass is 16.2. The van der Waals surface area contributed by atoms with Crippen LogP contribution in [0, 0.1) is 13.8 Å². The lowest BCUT2D eigenvalue weighted by Crippen LogP contribution is -2.49. The maximum absolute atomic E-state index is 12.6. The third-order valence-corrected chi connectivity index (χ3v) is 5.49. The minimum atomic E-state index is 0.220. The van der Waals surface area contributed by atoms with E-state index in [1.807, 2.05) is 42.2 Å². The van der Waals surface area contributed by atoms with Gasteiger partial charge in [-0.15, -0.1) is 10.2 Å². The van der Waals surface area contributed by atoms with Gasteiger partial charge in [0.25, 0.3) is 0 Å². The summed E-state index contributed by atoms with van der Waals surface area (Å²) < 4.78 is 0. The summed E-state index contributed by atoms with van der Waals surface area (Å²) in [6.07, 6.45) is 3.11. The van der Waals surface area contributed by atoms with Gasteiger partial charge in [0, 0.05) is 38.8 Å². The van der Waals surface area contributed by atoms with Crippen LogP contribution in [0.25, 0.3) is 0 Å². The maximum Gasteiger partial charge on any atom is 0.223 e. The molecule has 1 saturated heterocycles. The van der Waals surface area contributed by atoms with Crippen molar-refractivity contribution in [3.05, 3.63) is 71.4 Å². The number of hydrogen-bond acceptors (Lipinski definition) is 6. The van der Waals surface area contributed by atoms with E-state index in [9.17, 15) is 4.79 Å². The number of aryl methyl sites for hydroxylation is 3. The van der Waals surface area contributed by atoms with Crippen molar-refractivity contribution in [3.63, 3.8) is 0 Å². The quantitative estimate of drug-likeness (QED) is 0.663. The SMILES string of the molecule is Cc1cccc(CCC(=O)N2CCN(c3ccc(Nc4cc(C)ccn4)nn3)CC2)c1. The fraction of sp³-hybridized carbons (Fsp3) is 0.333. The Kier molecular flexibility index (Phi) is 6.40. The van der Waals surface area contributed by atoms with Crippen molar-refractivity contribution in [1.29, 1.82) is 0 Å². The highest BCUT2D eigenvalue weighted by molar-refractivity contribution is 5.76. The molecule has 1 amide bonds. The van der Waals surface area contributed by atoms with Crippen LogP contribution in [-0.2, 0) is 11.2 Å². The van der Waals surface area contributed by atoms with Crippen molar-refractivity contribution in [2.75, 3.05) is 36.4 Å². The van der Waals surface area contributed by atoms with Gasteiger partial charge < -0.3 is 15.1 Å². The van der Waals surface area contributed by atoms with E-state index in [4.69, 9.17) is 0 Å². The molecule has 0 saturated carbocycles. The van der Waals surface area contributed by atoms with Crippen LogP contribution in [0.5, 0.6) is 0 Å². The number of pyridine rings is 1. The third-order valence-electron chi connectivity index (χ3n) is 5.49. The summed E-state index contributed by atoms with van der Waals surface area (Å²) in [7, 11) is 0. The molecule has 2 aromatic heterocycles. The van der Waals surface area contributed by atoms with E-state index < -0.39 is 0 Å². The standard InChI is InChI=1S/C24H28N6O/c1-18-4-3-5-20(16-18)6-9-24(31)30-14-12-29(13-15-30)23-8-7-21(27-28-23)26-22-17-19(2)10-11-25-22/h3-5,7-8,10-11,16-17H,6,9,12-15H2,1-2H3,(H,25,26,27). The number of nitrogens with one attached hydrogen (secondary N) is 1. The minimum absolute atomic E-state index is 0.220. The summed E-state index contributed by atoms with van der Waals surface area (Å²) in [4.78, 5) is 21.0. The van der Waals surface area contributed by atoms with Crippen LogP contribution in [0.4, 0.5) is 17.5 Å². The van der Waals surface area contributed by atoms with Crippen LogP contribution in [0.1, 0.15) is 23.1 Å². The number of carbonyl (C=O) groups is 1. The van der Waals surface area contributed by atoms with Gasteiger partial charge in [-0.2, -0.15) is 0 Å². The molecule has 3 aromatic rings. The number of carbonyl (C=O) groups excluding carboxylic acids is 1. The second kappa shape index (κ2) is 9.55.